The van der Waals surface area contributed by atoms with Crippen molar-refractivity contribution in [2.24, 2.45) is 0 Å². The summed E-state index contributed by atoms with van der Waals surface area (Å²) in [5.74, 6) is -1.03. The van der Waals surface area contributed by atoms with E-state index in [4.69, 9.17) is 10.2 Å². The molecule has 0 aromatic heterocycles. The number of hydrogen-bond donors (Lipinski definition) is 3. The predicted molar refractivity (Wildman–Crippen MR) is 51.5 cm³/mol. The average Bonchev–Trinajstić information content (AvgIpc) is 2.22. The minimum absolute atomic E-state index is 0.249. The van der Waals surface area contributed by atoms with E-state index < -0.39 is 34.5 Å². The fourth-order valence-electron chi connectivity index (χ4n) is 0.680. The molecule has 7 nitrogen and oxygen atoms in total. The Balaban J connectivity index is 3.93. The van der Waals surface area contributed by atoms with Gasteiger partial charge in [0.05, 0.1) is 32.0 Å². The first-order chi connectivity index (χ1) is 6.91. The van der Waals surface area contributed by atoms with Crippen LogP contribution in [-0.4, -0.2) is 56.7 Å². The zero-order valence-electron chi connectivity index (χ0n) is 8.34. The summed E-state index contributed by atoms with van der Waals surface area (Å²) in [7, 11) is -2.45. The first-order valence-electron chi connectivity index (χ1n) is 4.24. The topological polar surface area (TPSA) is 113 Å². The lowest BCUT2D eigenvalue weighted by Crippen LogP contribution is -2.35. The fraction of sp³-hybridized carbons (Fsp3) is 0.857. The highest BCUT2D eigenvalue weighted by Crippen LogP contribution is 1.92. The van der Waals surface area contributed by atoms with E-state index in [1.165, 1.54) is 0 Å². The molecular formula is C7H15NO6S. The Morgan fingerprint density at radius 2 is 2.13 bits per heavy atom. The molecule has 0 saturated heterocycles. The molecule has 90 valence electrons. The summed E-state index contributed by atoms with van der Waals surface area (Å²) in [5.41, 5.74) is 0. The predicted octanol–water partition coefficient (Wildman–Crippen LogP) is -2.18. The van der Waals surface area contributed by atoms with Gasteiger partial charge in [-0.1, -0.05) is 0 Å². The third-order valence-corrected chi connectivity index (χ3v) is 2.90. The first-order valence-corrected chi connectivity index (χ1v) is 5.89. The number of hydrogen-bond acceptors (Lipinski definition) is 6. The molecule has 0 saturated carbocycles. The van der Waals surface area contributed by atoms with Crippen LogP contribution in [0.2, 0.25) is 0 Å². The Morgan fingerprint density at radius 1 is 1.53 bits per heavy atom. The largest absolute Gasteiger partial charge is 0.469 e. The van der Waals surface area contributed by atoms with Gasteiger partial charge in [0.2, 0.25) is 10.0 Å². The minimum Gasteiger partial charge on any atom is -0.469 e. The SMILES string of the molecule is COC(=O)CCS(=O)(=O)NCC(O)CO. The van der Waals surface area contributed by atoms with Crippen molar-refractivity contribution in [3.63, 3.8) is 0 Å². The smallest absolute Gasteiger partial charge is 0.306 e. The van der Waals surface area contributed by atoms with E-state index in [-0.39, 0.29) is 13.0 Å². The second-order valence-corrected chi connectivity index (χ2v) is 4.76. The Bertz CT molecular complexity index is 288. The van der Waals surface area contributed by atoms with E-state index >= 15 is 0 Å². The van der Waals surface area contributed by atoms with Gasteiger partial charge in [0.15, 0.2) is 0 Å². The maximum atomic E-state index is 11.2. The van der Waals surface area contributed by atoms with Crippen molar-refractivity contribution < 1.29 is 28.2 Å². The molecule has 0 fully saturated rings. The van der Waals surface area contributed by atoms with Gasteiger partial charge in [-0.2, -0.15) is 0 Å². The van der Waals surface area contributed by atoms with Gasteiger partial charge in [0.25, 0.3) is 0 Å². The molecule has 0 aromatic carbocycles. The highest BCUT2D eigenvalue weighted by Gasteiger charge is 2.14. The third kappa shape index (κ3) is 7.25. The molecule has 3 N–H and O–H groups in total. The number of aliphatic hydroxyl groups is 2. The summed E-state index contributed by atoms with van der Waals surface area (Å²) in [5, 5.41) is 17.3. The normalized spacial score (nSPS) is 13.5. The third-order valence-electron chi connectivity index (χ3n) is 1.55. The second-order valence-electron chi connectivity index (χ2n) is 2.83. The fourth-order valence-corrected chi connectivity index (χ4v) is 1.71. The van der Waals surface area contributed by atoms with Crippen LogP contribution in [0.1, 0.15) is 6.42 Å². The van der Waals surface area contributed by atoms with Crippen LogP contribution in [0.5, 0.6) is 0 Å². The standard InChI is InChI=1S/C7H15NO6S/c1-14-7(11)2-3-15(12,13)8-4-6(10)5-9/h6,8-10H,2-5H2,1H3. The van der Waals surface area contributed by atoms with Gasteiger partial charge in [-0.15, -0.1) is 0 Å². The van der Waals surface area contributed by atoms with Crippen LogP contribution in [-0.2, 0) is 19.6 Å². The maximum absolute atomic E-state index is 11.2. The second kappa shape index (κ2) is 6.72. The van der Waals surface area contributed by atoms with Gasteiger partial charge >= 0.3 is 5.97 Å². The molecule has 0 amide bonds. The number of aliphatic hydroxyl groups excluding tert-OH is 2. The van der Waals surface area contributed by atoms with Crippen LogP contribution in [0.4, 0.5) is 0 Å². The molecule has 0 aliphatic rings. The molecule has 8 heteroatoms. The van der Waals surface area contributed by atoms with E-state index in [9.17, 15) is 13.2 Å². The molecule has 1 unspecified atom stereocenters. The number of sulfonamides is 1. The van der Waals surface area contributed by atoms with Gasteiger partial charge < -0.3 is 14.9 Å². The molecule has 15 heavy (non-hydrogen) atoms. The highest BCUT2D eigenvalue weighted by atomic mass is 32.2. The lowest BCUT2D eigenvalue weighted by molar-refractivity contribution is -0.140. The van der Waals surface area contributed by atoms with Crippen molar-refractivity contribution in [1.82, 2.24) is 4.72 Å². The van der Waals surface area contributed by atoms with E-state index in [0.29, 0.717) is 0 Å². The maximum Gasteiger partial charge on any atom is 0.306 e. The summed E-state index contributed by atoms with van der Waals surface area (Å²) in [4.78, 5) is 10.6. The van der Waals surface area contributed by atoms with E-state index in [2.05, 4.69) is 4.74 Å². The monoisotopic (exact) mass is 241 g/mol. The zero-order chi connectivity index (χ0) is 11.9. The lowest BCUT2D eigenvalue weighted by Gasteiger charge is -2.09. The summed E-state index contributed by atoms with van der Waals surface area (Å²) in [6.07, 6.45) is -1.39. The molecular weight excluding hydrogens is 226 g/mol. The molecule has 0 aliphatic heterocycles. The summed E-state index contributed by atoms with van der Waals surface area (Å²) < 4.78 is 28.6. The molecule has 0 spiro atoms. The van der Waals surface area contributed by atoms with E-state index in [1.54, 1.807) is 0 Å². The lowest BCUT2D eigenvalue weighted by atomic mass is 10.4. The van der Waals surface area contributed by atoms with Crippen LogP contribution < -0.4 is 4.72 Å². The quantitative estimate of drug-likeness (QED) is 0.437. The van der Waals surface area contributed by atoms with Crippen molar-refractivity contribution in [1.29, 1.82) is 0 Å². The van der Waals surface area contributed by atoms with E-state index in [0.717, 1.165) is 7.11 Å². The minimum atomic E-state index is -3.61. The summed E-state index contributed by atoms with van der Waals surface area (Å²) >= 11 is 0. The molecule has 0 heterocycles. The molecule has 0 aromatic rings. The molecule has 0 bridgehead atoms. The molecule has 0 aliphatic carbocycles. The first kappa shape index (κ1) is 14.3. The summed E-state index contributed by atoms with van der Waals surface area (Å²) in [6, 6.07) is 0. The van der Waals surface area contributed by atoms with Crippen LogP contribution in [0.15, 0.2) is 0 Å². The van der Waals surface area contributed by atoms with Crippen LogP contribution >= 0.6 is 0 Å². The van der Waals surface area contributed by atoms with Gasteiger partial charge in [0.1, 0.15) is 0 Å². The van der Waals surface area contributed by atoms with Gasteiger partial charge in [0, 0.05) is 6.54 Å². The van der Waals surface area contributed by atoms with Gasteiger partial charge in [-0.05, 0) is 0 Å². The van der Waals surface area contributed by atoms with Crippen LogP contribution in [0.3, 0.4) is 0 Å². The number of carbonyl (C=O) groups is 1. The zero-order valence-corrected chi connectivity index (χ0v) is 9.16. The molecule has 0 rings (SSSR count). The van der Waals surface area contributed by atoms with Crippen LogP contribution in [0, 0.1) is 0 Å². The van der Waals surface area contributed by atoms with Crippen molar-refractivity contribution in [3.8, 4) is 0 Å². The van der Waals surface area contributed by atoms with Crippen LogP contribution in [0.25, 0.3) is 0 Å². The Hall–Kier alpha value is -0.700. The van der Waals surface area contributed by atoms with Crippen molar-refractivity contribution in [2.75, 3.05) is 26.0 Å². The number of ether oxygens (including phenoxy) is 1. The Morgan fingerprint density at radius 3 is 2.60 bits per heavy atom. The van der Waals surface area contributed by atoms with E-state index in [1.807, 2.05) is 4.72 Å². The number of esters is 1. The van der Waals surface area contributed by atoms with Crippen molar-refractivity contribution in [3.05, 3.63) is 0 Å². The van der Waals surface area contributed by atoms with Crippen molar-refractivity contribution in [2.45, 2.75) is 12.5 Å². The average molecular weight is 241 g/mol. The van der Waals surface area contributed by atoms with Gasteiger partial charge in [-0.3, -0.25) is 4.79 Å². The number of nitrogens with one attached hydrogen (secondary N) is 1. The summed E-state index contributed by atoms with van der Waals surface area (Å²) in [6.45, 7) is -0.806. The number of rotatable bonds is 7. The molecule has 0 radical (unpaired) electrons. The highest BCUT2D eigenvalue weighted by molar-refractivity contribution is 7.89. The number of methoxy groups -OCH3 is 1. The van der Waals surface area contributed by atoms with Gasteiger partial charge in [-0.25, -0.2) is 13.1 Å². The van der Waals surface area contributed by atoms with Crippen molar-refractivity contribution >= 4 is 16.0 Å². The molecule has 1 atom stereocenters. The number of carbonyl (C=O) groups excluding carboxylic acids is 1. The Labute approximate surface area is 88.1 Å². The Kier molecular flexibility index (Phi) is 6.41.